The van der Waals surface area contributed by atoms with Crippen molar-refractivity contribution in [3.8, 4) is 0 Å². The Hall–Kier alpha value is -2.77. The second-order valence-corrected chi connectivity index (χ2v) is 11.6. The first-order chi connectivity index (χ1) is 20.1. The zero-order valence-electron chi connectivity index (χ0n) is 25.5. The van der Waals surface area contributed by atoms with E-state index in [1.54, 1.807) is 16.2 Å². The number of methoxy groups -OCH3 is 1. The fourth-order valence-corrected chi connectivity index (χ4v) is 7.06. The van der Waals surface area contributed by atoms with Crippen LogP contribution in [0.2, 0.25) is 0 Å². The summed E-state index contributed by atoms with van der Waals surface area (Å²) in [5.41, 5.74) is 5.29. The molecule has 0 radical (unpaired) electrons. The van der Waals surface area contributed by atoms with Crippen LogP contribution >= 0.6 is 22.7 Å². The molecule has 2 aromatic carbocycles. The van der Waals surface area contributed by atoms with Crippen LogP contribution in [-0.4, -0.2) is 36.0 Å². The van der Waals surface area contributed by atoms with Crippen molar-refractivity contribution < 1.29 is 9.53 Å². The van der Waals surface area contributed by atoms with Crippen LogP contribution in [-0.2, 0) is 35.5 Å². The van der Waals surface area contributed by atoms with Crippen LogP contribution in [0.3, 0.4) is 0 Å². The van der Waals surface area contributed by atoms with Crippen LogP contribution in [0.5, 0.6) is 0 Å². The van der Waals surface area contributed by atoms with Gasteiger partial charge in [0.25, 0.3) is 0 Å². The predicted molar refractivity (Wildman–Crippen MR) is 176 cm³/mol. The summed E-state index contributed by atoms with van der Waals surface area (Å²) in [5, 5.41) is 4.35. The van der Waals surface area contributed by atoms with Crippen LogP contribution in [0.15, 0.2) is 83.6 Å². The van der Waals surface area contributed by atoms with E-state index in [0.29, 0.717) is 6.04 Å². The van der Waals surface area contributed by atoms with Crippen LogP contribution in [0.4, 0.5) is 0 Å². The minimum atomic E-state index is -0.311. The summed E-state index contributed by atoms with van der Waals surface area (Å²) in [6.45, 7) is 14.3. The summed E-state index contributed by atoms with van der Waals surface area (Å²) in [7, 11) is 1.46. The Morgan fingerprint density at radius 2 is 1.17 bits per heavy atom. The van der Waals surface area contributed by atoms with Crippen LogP contribution in [0, 0.1) is 0 Å². The van der Waals surface area contributed by atoms with E-state index in [1.165, 1.54) is 41.6 Å². The van der Waals surface area contributed by atoms with Crippen LogP contribution in [0.1, 0.15) is 78.7 Å². The van der Waals surface area contributed by atoms with E-state index in [1.807, 2.05) is 69.4 Å². The normalized spacial score (nSPS) is 15.7. The van der Waals surface area contributed by atoms with Gasteiger partial charge in [0.2, 0.25) is 0 Å². The standard InChI is InChI=1S/C16H17NO2S.C15H17NS.2C2H6/c1-19-16(18)15(12-5-3-2-4-6-12)17-9-7-14-13(11-17)8-10-20-14;1-12(13-5-3-2-4-6-13)16-9-7-15-14(11-16)8-10-17-15;2*1-2/h2-6,8,10,15H,7,9,11H2,1H3;2-6,8,10,12H,7,9,11H2,1H3;2*1-2H3. The highest BCUT2D eigenvalue weighted by Crippen LogP contribution is 2.32. The van der Waals surface area contributed by atoms with Crippen LogP contribution < -0.4 is 0 Å². The summed E-state index contributed by atoms with van der Waals surface area (Å²) in [4.78, 5) is 20.0. The molecule has 0 bridgehead atoms. The fraction of sp³-hybridized carbons (Fsp3) is 0.400. The number of fused-ring (bicyclic) bond motifs is 2. The van der Waals surface area contributed by atoms with E-state index in [2.05, 4.69) is 69.9 Å². The molecule has 2 atom stereocenters. The van der Waals surface area contributed by atoms with E-state index in [-0.39, 0.29) is 12.0 Å². The van der Waals surface area contributed by atoms with Gasteiger partial charge >= 0.3 is 5.97 Å². The number of ether oxygens (including phenoxy) is 1. The van der Waals surface area contributed by atoms with Crippen molar-refractivity contribution in [2.45, 2.75) is 72.6 Å². The maximum absolute atomic E-state index is 12.2. The molecule has 0 saturated carbocycles. The van der Waals surface area contributed by atoms with E-state index in [9.17, 15) is 4.79 Å². The third kappa shape index (κ3) is 8.62. The quantitative estimate of drug-likeness (QED) is 0.217. The molecule has 4 nitrogen and oxygen atoms in total. The van der Waals surface area contributed by atoms with E-state index in [4.69, 9.17) is 4.74 Å². The van der Waals surface area contributed by atoms with Gasteiger partial charge in [-0.2, -0.15) is 0 Å². The van der Waals surface area contributed by atoms with Crippen molar-refractivity contribution in [3.05, 3.63) is 116 Å². The Labute approximate surface area is 255 Å². The molecule has 2 aliphatic heterocycles. The van der Waals surface area contributed by atoms with E-state index in [0.717, 1.165) is 31.6 Å². The maximum atomic E-state index is 12.2. The lowest BCUT2D eigenvalue weighted by molar-refractivity contribution is -0.147. The lowest BCUT2D eigenvalue weighted by Crippen LogP contribution is -2.38. The number of carbonyl (C=O) groups is 1. The van der Waals surface area contributed by atoms with Crippen molar-refractivity contribution in [2.24, 2.45) is 0 Å². The monoisotopic (exact) mass is 590 g/mol. The summed E-state index contributed by atoms with van der Waals surface area (Å²) >= 11 is 3.71. The molecule has 0 aliphatic carbocycles. The molecule has 2 aromatic heterocycles. The van der Waals surface area contributed by atoms with Crippen LogP contribution in [0.25, 0.3) is 0 Å². The molecular weight excluding hydrogens is 545 g/mol. The molecule has 0 spiro atoms. The third-order valence-electron chi connectivity index (χ3n) is 7.41. The summed E-state index contributed by atoms with van der Waals surface area (Å²) in [6.07, 6.45) is 2.22. The molecule has 0 saturated heterocycles. The zero-order chi connectivity index (χ0) is 29.6. The third-order valence-corrected chi connectivity index (χ3v) is 9.45. The molecule has 0 fully saturated rings. The Kier molecular flexibility index (Phi) is 13.8. The molecule has 0 N–H and O–H groups in total. The Morgan fingerprint density at radius 1 is 0.707 bits per heavy atom. The average Bonchev–Trinajstić information content (AvgIpc) is 3.73. The van der Waals surface area contributed by atoms with E-state index < -0.39 is 0 Å². The van der Waals surface area contributed by atoms with Crippen molar-refractivity contribution in [2.75, 3.05) is 20.2 Å². The molecule has 2 unspecified atom stereocenters. The van der Waals surface area contributed by atoms with Crippen molar-refractivity contribution >= 4 is 28.6 Å². The molecule has 4 aromatic rings. The van der Waals surface area contributed by atoms with Gasteiger partial charge < -0.3 is 4.74 Å². The topological polar surface area (TPSA) is 32.8 Å². The van der Waals surface area contributed by atoms with Gasteiger partial charge in [-0.15, -0.1) is 22.7 Å². The van der Waals surface area contributed by atoms with Gasteiger partial charge in [0.15, 0.2) is 0 Å². The number of rotatable bonds is 5. The second kappa shape index (κ2) is 17.2. The van der Waals surface area contributed by atoms with E-state index >= 15 is 0 Å². The first-order valence-corrected chi connectivity index (χ1v) is 16.7. The summed E-state index contributed by atoms with van der Waals surface area (Å²) in [6, 6.07) is 25.3. The molecule has 2 aliphatic rings. The Balaban J connectivity index is 0.000000203. The Morgan fingerprint density at radius 3 is 1.68 bits per heavy atom. The van der Waals surface area contributed by atoms with Crippen molar-refractivity contribution in [3.63, 3.8) is 0 Å². The molecule has 41 heavy (non-hydrogen) atoms. The first kappa shape index (κ1) is 32.7. The minimum absolute atomic E-state index is 0.185. The maximum Gasteiger partial charge on any atom is 0.327 e. The predicted octanol–water partition coefficient (Wildman–Crippen LogP) is 8.94. The largest absolute Gasteiger partial charge is 0.468 e. The molecule has 6 rings (SSSR count). The zero-order valence-corrected chi connectivity index (χ0v) is 27.1. The molecule has 6 heteroatoms. The SMILES string of the molecule is CC.CC.CC(c1ccccc1)N1CCc2sccc2C1.COC(=O)C(c1ccccc1)N1CCc2sccc2C1. The number of hydrogen-bond acceptors (Lipinski definition) is 6. The number of thiophene rings is 2. The number of nitrogens with zero attached hydrogens (tertiary/aromatic N) is 2. The highest BCUT2D eigenvalue weighted by Gasteiger charge is 2.31. The lowest BCUT2D eigenvalue weighted by Gasteiger charge is -2.33. The van der Waals surface area contributed by atoms with Crippen molar-refractivity contribution in [1.29, 1.82) is 0 Å². The van der Waals surface area contributed by atoms with Gasteiger partial charge in [-0.1, -0.05) is 88.4 Å². The first-order valence-electron chi connectivity index (χ1n) is 14.9. The van der Waals surface area contributed by atoms with Gasteiger partial charge in [-0.05, 0) is 64.9 Å². The molecule has 0 amide bonds. The average molecular weight is 591 g/mol. The van der Waals surface area contributed by atoms with Gasteiger partial charge in [-0.3, -0.25) is 9.80 Å². The van der Waals surface area contributed by atoms with Gasteiger partial charge in [0, 0.05) is 42.0 Å². The highest BCUT2D eigenvalue weighted by molar-refractivity contribution is 7.10. The molecule has 4 heterocycles. The van der Waals surface area contributed by atoms with Crippen molar-refractivity contribution in [1.82, 2.24) is 9.80 Å². The fourth-order valence-electron chi connectivity index (χ4n) is 5.28. The number of hydrogen-bond donors (Lipinski definition) is 0. The number of carbonyl (C=O) groups excluding carboxylic acids is 1. The van der Waals surface area contributed by atoms with Gasteiger partial charge in [0.05, 0.1) is 7.11 Å². The summed E-state index contributed by atoms with van der Waals surface area (Å²) in [5.74, 6) is -0.185. The number of benzene rings is 2. The summed E-state index contributed by atoms with van der Waals surface area (Å²) < 4.78 is 5.01. The van der Waals surface area contributed by atoms with Gasteiger partial charge in [0.1, 0.15) is 6.04 Å². The smallest absolute Gasteiger partial charge is 0.327 e. The minimum Gasteiger partial charge on any atom is -0.468 e. The van der Waals surface area contributed by atoms with Gasteiger partial charge in [-0.25, -0.2) is 4.79 Å². The lowest BCUT2D eigenvalue weighted by atomic mass is 10.0. The molecular formula is C35H46N2O2S2. The second-order valence-electron chi connectivity index (χ2n) is 9.60. The highest BCUT2D eigenvalue weighted by atomic mass is 32.1. The number of esters is 1. The molecule has 220 valence electrons. The Bertz CT molecular complexity index is 1290.